The van der Waals surface area contributed by atoms with Gasteiger partial charge in [-0.3, -0.25) is 0 Å². The average molecular weight is 245 g/mol. The number of furan rings is 1. The minimum absolute atomic E-state index is 0.184. The molecular formula is C12H17F2NO2. The first-order valence-electron chi connectivity index (χ1n) is 5.82. The van der Waals surface area contributed by atoms with E-state index in [1.54, 1.807) is 0 Å². The zero-order chi connectivity index (χ0) is 12.3. The Morgan fingerprint density at radius 3 is 2.94 bits per heavy atom. The smallest absolute Gasteiger partial charge is 0.261 e. The van der Waals surface area contributed by atoms with Crippen molar-refractivity contribution in [1.82, 2.24) is 5.32 Å². The van der Waals surface area contributed by atoms with Crippen LogP contribution in [-0.2, 0) is 17.9 Å². The molecule has 1 heterocycles. The molecular weight excluding hydrogens is 228 g/mol. The molecule has 1 aromatic heterocycles. The molecule has 0 unspecified atom stereocenters. The van der Waals surface area contributed by atoms with Gasteiger partial charge < -0.3 is 14.5 Å². The highest BCUT2D eigenvalue weighted by Crippen LogP contribution is 2.21. The minimum atomic E-state index is -2.42. The second-order valence-electron chi connectivity index (χ2n) is 4.36. The molecule has 1 saturated carbocycles. The standard InChI is InChI=1S/C12H17F2NO2/c1-8-9(6-16-7-12(13)14)4-11(17-8)5-15-10-2-3-10/h4,10,12,15H,2-3,5-7H2,1H3. The van der Waals surface area contributed by atoms with Crippen LogP contribution >= 0.6 is 0 Å². The van der Waals surface area contributed by atoms with Gasteiger partial charge in [0, 0.05) is 11.6 Å². The second-order valence-corrected chi connectivity index (χ2v) is 4.36. The fourth-order valence-corrected chi connectivity index (χ4v) is 1.61. The molecule has 0 bridgehead atoms. The van der Waals surface area contributed by atoms with Crippen molar-refractivity contribution < 1.29 is 17.9 Å². The Hall–Kier alpha value is -0.940. The molecule has 1 fully saturated rings. The molecule has 3 nitrogen and oxygen atoms in total. The van der Waals surface area contributed by atoms with E-state index in [1.807, 2.05) is 13.0 Å². The normalized spacial score (nSPS) is 15.8. The lowest BCUT2D eigenvalue weighted by molar-refractivity contribution is 0.00953. The Balaban J connectivity index is 1.79. The third-order valence-corrected chi connectivity index (χ3v) is 2.72. The summed E-state index contributed by atoms with van der Waals surface area (Å²) >= 11 is 0. The molecule has 0 amide bonds. The van der Waals surface area contributed by atoms with Gasteiger partial charge in [0.2, 0.25) is 0 Å². The Labute approximate surface area is 99.1 Å². The Bertz CT molecular complexity index is 361. The van der Waals surface area contributed by atoms with E-state index >= 15 is 0 Å². The Morgan fingerprint density at radius 2 is 2.29 bits per heavy atom. The summed E-state index contributed by atoms with van der Waals surface area (Å²) in [6.07, 6.45) is 0.0342. The van der Waals surface area contributed by atoms with Gasteiger partial charge in [-0.25, -0.2) is 8.78 Å². The molecule has 96 valence electrons. The van der Waals surface area contributed by atoms with Crippen LogP contribution in [0.25, 0.3) is 0 Å². The maximum Gasteiger partial charge on any atom is 0.261 e. The average Bonchev–Trinajstić information content (AvgIpc) is 3.02. The lowest BCUT2D eigenvalue weighted by atomic mass is 10.2. The zero-order valence-corrected chi connectivity index (χ0v) is 9.84. The molecule has 0 radical (unpaired) electrons. The monoisotopic (exact) mass is 245 g/mol. The van der Waals surface area contributed by atoms with Crippen LogP contribution in [0.15, 0.2) is 10.5 Å². The SMILES string of the molecule is Cc1oc(CNC2CC2)cc1COCC(F)F. The fraction of sp³-hybridized carbons (Fsp3) is 0.667. The number of ether oxygens (including phenoxy) is 1. The van der Waals surface area contributed by atoms with Gasteiger partial charge in [-0.15, -0.1) is 0 Å². The molecule has 2 rings (SSSR count). The van der Waals surface area contributed by atoms with Gasteiger partial charge in [0.1, 0.15) is 18.1 Å². The fourth-order valence-electron chi connectivity index (χ4n) is 1.61. The van der Waals surface area contributed by atoms with Crippen molar-refractivity contribution in [3.8, 4) is 0 Å². The van der Waals surface area contributed by atoms with E-state index in [9.17, 15) is 8.78 Å². The summed E-state index contributed by atoms with van der Waals surface area (Å²) in [5.41, 5.74) is 0.846. The van der Waals surface area contributed by atoms with Gasteiger partial charge >= 0.3 is 0 Å². The number of aryl methyl sites for hydroxylation is 1. The molecule has 1 N–H and O–H groups in total. The summed E-state index contributed by atoms with van der Waals surface area (Å²) in [5.74, 6) is 1.58. The first-order valence-corrected chi connectivity index (χ1v) is 5.82. The van der Waals surface area contributed by atoms with Gasteiger partial charge in [0.25, 0.3) is 6.43 Å². The molecule has 0 aromatic carbocycles. The van der Waals surface area contributed by atoms with Crippen LogP contribution in [0, 0.1) is 6.92 Å². The number of alkyl halides is 2. The number of hydrogen-bond acceptors (Lipinski definition) is 3. The molecule has 1 aromatic rings. The zero-order valence-electron chi connectivity index (χ0n) is 9.84. The largest absolute Gasteiger partial charge is 0.465 e. The highest BCUT2D eigenvalue weighted by molar-refractivity contribution is 5.20. The summed E-state index contributed by atoms with van der Waals surface area (Å²) in [4.78, 5) is 0. The highest BCUT2D eigenvalue weighted by atomic mass is 19.3. The van der Waals surface area contributed by atoms with Crippen LogP contribution in [0.2, 0.25) is 0 Å². The Kier molecular flexibility index (Phi) is 4.12. The summed E-state index contributed by atoms with van der Waals surface area (Å²) in [7, 11) is 0. The molecule has 0 aliphatic heterocycles. The quantitative estimate of drug-likeness (QED) is 0.801. The number of hydrogen-bond donors (Lipinski definition) is 1. The molecule has 1 aliphatic rings. The topological polar surface area (TPSA) is 34.4 Å². The third kappa shape index (κ3) is 4.09. The predicted octanol–water partition coefficient (Wildman–Crippen LogP) is 2.62. The third-order valence-electron chi connectivity index (χ3n) is 2.72. The Morgan fingerprint density at radius 1 is 1.53 bits per heavy atom. The van der Waals surface area contributed by atoms with Crippen molar-refractivity contribution in [3.63, 3.8) is 0 Å². The van der Waals surface area contributed by atoms with Crippen LogP contribution in [0.4, 0.5) is 8.78 Å². The van der Waals surface area contributed by atoms with Crippen molar-refractivity contribution in [2.24, 2.45) is 0 Å². The predicted molar refractivity (Wildman–Crippen MR) is 59.0 cm³/mol. The van der Waals surface area contributed by atoms with Gasteiger partial charge in [-0.1, -0.05) is 0 Å². The number of halogens is 2. The first-order chi connectivity index (χ1) is 8.15. The van der Waals surface area contributed by atoms with Crippen LogP contribution in [-0.4, -0.2) is 19.1 Å². The van der Waals surface area contributed by atoms with E-state index in [2.05, 4.69) is 5.32 Å². The van der Waals surface area contributed by atoms with Crippen molar-refractivity contribution in [1.29, 1.82) is 0 Å². The van der Waals surface area contributed by atoms with Gasteiger partial charge in [0.15, 0.2) is 0 Å². The van der Waals surface area contributed by atoms with Crippen molar-refractivity contribution in [3.05, 3.63) is 23.2 Å². The summed E-state index contributed by atoms with van der Waals surface area (Å²) in [6, 6.07) is 2.50. The summed E-state index contributed by atoms with van der Waals surface area (Å²) < 4.78 is 34.2. The van der Waals surface area contributed by atoms with Gasteiger partial charge in [-0.05, 0) is 25.8 Å². The molecule has 17 heavy (non-hydrogen) atoms. The summed E-state index contributed by atoms with van der Waals surface area (Å²) in [6.45, 7) is 2.17. The van der Waals surface area contributed by atoms with E-state index in [0.717, 1.165) is 17.1 Å². The van der Waals surface area contributed by atoms with Crippen molar-refractivity contribution >= 4 is 0 Å². The van der Waals surface area contributed by atoms with Crippen LogP contribution in [0.3, 0.4) is 0 Å². The minimum Gasteiger partial charge on any atom is -0.465 e. The number of rotatable bonds is 7. The van der Waals surface area contributed by atoms with E-state index in [4.69, 9.17) is 9.15 Å². The lowest BCUT2D eigenvalue weighted by Gasteiger charge is -2.01. The van der Waals surface area contributed by atoms with Crippen LogP contribution in [0.1, 0.15) is 29.9 Å². The van der Waals surface area contributed by atoms with Crippen molar-refractivity contribution in [2.75, 3.05) is 6.61 Å². The summed E-state index contributed by atoms with van der Waals surface area (Å²) in [5, 5.41) is 3.33. The van der Waals surface area contributed by atoms with E-state index in [0.29, 0.717) is 12.6 Å². The lowest BCUT2D eigenvalue weighted by Crippen LogP contribution is -2.14. The highest BCUT2D eigenvalue weighted by Gasteiger charge is 2.20. The first kappa shape index (κ1) is 12.5. The molecule has 0 spiro atoms. The number of nitrogens with one attached hydrogen (secondary N) is 1. The van der Waals surface area contributed by atoms with E-state index in [1.165, 1.54) is 12.8 Å². The maximum atomic E-state index is 11.9. The molecule has 0 saturated heterocycles. The van der Waals surface area contributed by atoms with E-state index < -0.39 is 13.0 Å². The van der Waals surface area contributed by atoms with Gasteiger partial charge in [-0.2, -0.15) is 0 Å². The van der Waals surface area contributed by atoms with E-state index in [-0.39, 0.29) is 6.61 Å². The van der Waals surface area contributed by atoms with Crippen LogP contribution in [0.5, 0.6) is 0 Å². The molecule has 5 heteroatoms. The van der Waals surface area contributed by atoms with Gasteiger partial charge in [0.05, 0.1) is 13.2 Å². The molecule has 0 atom stereocenters. The second kappa shape index (κ2) is 5.60. The maximum absolute atomic E-state index is 11.9. The van der Waals surface area contributed by atoms with Crippen molar-refractivity contribution in [2.45, 2.75) is 45.4 Å². The van der Waals surface area contributed by atoms with Crippen LogP contribution < -0.4 is 5.32 Å². The molecule has 1 aliphatic carbocycles.